The number of aryl methyl sites for hydroxylation is 1. The molecule has 0 atom stereocenters. The molecule has 0 radical (unpaired) electrons. The number of pyridine rings is 1. The fraction of sp³-hybridized carbons (Fsp3) is 0.190. The first-order chi connectivity index (χ1) is 14.5. The third-order valence-corrected chi connectivity index (χ3v) is 5.03. The molecule has 152 valence electrons. The van der Waals surface area contributed by atoms with E-state index in [0.717, 1.165) is 15.7 Å². The van der Waals surface area contributed by atoms with E-state index in [0.29, 0.717) is 13.1 Å². The Morgan fingerprint density at radius 3 is 2.60 bits per heavy atom. The van der Waals surface area contributed by atoms with E-state index in [1.807, 2.05) is 35.0 Å². The minimum atomic E-state index is -0.485. The van der Waals surface area contributed by atoms with Crippen molar-refractivity contribution in [2.75, 3.05) is 0 Å². The van der Waals surface area contributed by atoms with Gasteiger partial charge in [0.25, 0.3) is 11.5 Å². The fourth-order valence-electron chi connectivity index (χ4n) is 3.33. The van der Waals surface area contributed by atoms with Crippen LogP contribution in [-0.4, -0.2) is 29.6 Å². The van der Waals surface area contributed by atoms with Gasteiger partial charge in [0, 0.05) is 45.8 Å². The van der Waals surface area contributed by atoms with Gasteiger partial charge in [0.1, 0.15) is 5.65 Å². The minimum Gasteiger partial charge on any atom is -0.348 e. The molecule has 0 saturated heterocycles. The Kier molecular flexibility index (Phi) is 5.01. The molecule has 1 amide bonds. The zero-order valence-corrected chi connectivity index (χ0v) is 16.6. The number of hydrogen-bond donors (Lipinski definition) is 1. The van der Waals surface area contributed by atoms with Crippen molar-refractivity contribution in [3.05, 3.63) is 92.8 Å². The second kappa shape index (κ2) is 7.78. The Morgan fingerprint density at radius 1 is 1.10 bits per heavy atom. The van der Waals surface area contributed by atoms with Gasteiger partial charge >= 0.3 is 5.69 Å². The van der Waals surface area contributed by atoms with Gasteiger partial charge in [0.15, 0.2) is 0 Å². The van der Waals surface area contributed by atoms with E-state index < -0.39 is 11.2 Å². The van der Waals surface area contributed by atoms with Gasteiger partial charge in [-0.15, -0.1) is 0 Å². The molecule has 0 spiro atoms. The van der Waals surface area contributed by atoms with Gasteiger partial charge in [-0.2, -0.15) is 0 Å². The van der Waals surface area contributed by atoms with Crippen LogP contribution in [0.3, 0.4) is 0 Å². The molecule has 0 aliphatic rings. The summed E-state index contributed by atoms with van der Waals surface area (Å²) in [5, 5.41) is 3.09. The maximum atomic E-state index is 12.7. The molecular formula is C21H20N6O3. The van der Waals surface area contributed by atoms with Crippen molar-refractivity contribution in [3.63, 3.8) is 0 Å². The van der Waals surface area contributed by atoms with Gasteiger partial charge in [-0.05, 0) is 17.2 Å². The molecule has 0 unspecified atom stereocenters. The Labute approximate surface area is 171 Å². The lowest BCUT2D eigenvalue weighted by Crippen LogP contribution is -2.37. The summed E-state index contributed by atoms with van der Waals surface area (Å²) in [7, 11) is 2.93. The number of benzene rings is 1. The molecule has 0 aliphatic heterocycles. The molecule has 1 aromatic carbocycles. The molecule has 0 bridgehead atoms. The summed E-state index contributed by atoms with van der Waals surface area (Å²) in [5.74, 6) is -0.349. The number of carbonyl (C=O) groups excluding carboxylic acids is 1. The number of carbonyl (C=O) groups is 1. The second-order valence-corrected chi connectivity index (χ2v) is 6.99. The predicted octanol–water partition coefficient (Wildman–Crippen LogP) is 0.807. The van der Waals surface area contributed by atoms with Gasteiger partial charge in [0.05, 0.1) is 17.3 Å². The number of nitrogens with zero attached hydrogens (tertiary/aromatic N) is 5. The average molecular weight is 404 g/mol. The molecule has 1 N–H and O–H groups in total. The summed E-state index contributed by atoms with van der Waals surface area (Å²) in [6.45, 7) is 0.973. The summed E-state index contributed by atoms with van der Waals surface area (Å²) in [4.78, 5) is 45.4. The molecule has 30 heavy (non-hydrogen) atoms. The quantitative estimate of drug-likeness (QED) is 0.530. The smallest absolute Gasteiger partial charge is 0.332 e. The minimum absolute atomic E-state index is 0.216. The van der Waals surface area contributed by atoms with Crippen molar-refractivity contribution >= 4 is 16.9 Å². The molecule has 3 aromatic heterocycles. The highest BCUT2D eigenvalue weighted by Crippen LogP contribution is 2.12. The molecule has 0 fully saturated rings. The number of hydrogen-bond acceptors (Lipinski definition) is 5. The van der Waals surface area contributed by atoms with E-state index in [1.165, 1.54) is 30.9 Å². The largest absolute Gasteiger partial charge is 0.348 e. The lowest BCUT2D eigenvalue weighted by Gasteiger charge is -2.12. The van der Waals surface area contributed by atoms with Crippen molar-refractivity contribution in [3.8, 4) is 0 Å². The number of amides is 1. The highest BCUT2D eigenvalue weighted by molar-refractivity contribution is 5.96. The van der Waals surface area contributed by atoms with Crippen molar-refractivity contribution in [2.24, 2.45) is 14.1 Å². The van der Waals surface area contributed by atoms with E-state index in [2.05, 4.69) is 15.3 Å². The monoisotopic (exact) mass is 404 g/mol. The maximum absolute atomic E-state index is 12.7. The number of nitrogens with one attached hydrogen (secondary N) is 1. The normalized spacial score (nSPS) is 11.0. The van der Waals surface area contributed by atoms with Crippen LogP contribution in [0.2, 0.25) is 0 Å². The first kappa shape index (κ1) is 19.3. The van der Waals surface area contributed by atoms with E-state index in [1.54, 1.807) is 12.5 Å². The summed E-state index contributed by atoms with van der Waals surface area (Å²) in [6, 6.07) is 9.29. The molecule has 0 saturated carbocycles. The maximum Gasteiger partial charge on any atom is 0.332 e. The van der Waals surface area contributed by atoms with E-state index in [4.69, 9.17) is 0 Å². The molecule has 9 nitrogen and oxygen atoms in total. The number of aromatic nitrogens is 5. The first-order valence-corrected chi connectivity index (χ1v) is 9.32. The standard InChI is InChI=1S/C21H20N6O3/c1-25-18-17(20(29)26(2)21(25)30)9-16(11-23-18)19(28)24-10-14-5-3-4-6-15(14)12-27-8-7-22-13-27/h3-9,11,13H,10,12H2,1-2H3,(H,24,28). The Bertz CT molecular complexity index is 1350. The third-order valence-electron chi connectivity index (χ3n) is 5.03. The summed E-state index contributed by atoms with van der Waals surface area (Å²) >= 11 is 0. The Hall–Kier alpha value is -4.01. The Balaban J connectivity index is 1.58. The lowest BCUT2D eigenvalue weighted by atomic mass is 10.1. The van der Waals surface area contributed by atoms with Crippen LogP contribution >= 0.6 is 0 Å². The predicted molar refractivity (Wildman–Crippen MR) is 111 cm³/mol. The van der Waals surface area contributed by atoms with Gasteiger partial charge < -0.3 is 9.88 Å². The lowest BCUT2D eigenvalue weighted by molar-refractivity contribution is 0.0950. The van der Waals surface area contributed by atoms with Crippen molar-refractivity contribution < 1.29 is 4.79 Å². The molecule has 3 heterocycles. The van der Waals surface area contributed by atoms with Crippen molar-refractivity contribution in [2.45, 2.75) is 13.1 Å². The van der Waals surface area contributed by atoms with Crippen LogP contribution in [0.15, 0.2) is 64.8 Å². The summed E-state index contributed by atoms with van der Waals surface area (Å²) in [6.07, 6.45) is 6.71. The van der Waals surface area contributed by atoms with Crippen molar-refractivity contribution in [1.29, 1.82) is 0 Å². The average Bonchev–Trinajstić information content (AvgIpc) is 3.28. The van der Waals surface area contributed by atoms with Crippen LogP contribution in [0.4, 0.5) is 0 Å². The highest BCUT2D eigenvalue weighted by atomic mass is 16.2. The summed E-state index contributed by atoms with van der Waals surface area (Å²) in [5.41, 5.74) is 1.59. The summed E-state index contributed by atoms with van der Waals surface area (Å²) < 4.78 is 4.23. The molecule has 4 rings (SSSR count). The number of fused-ring (bicyclic) bond motifs is 1. The zero-order valence-electron chi connectivity index (χ0n) is 16.6. The molecule has 9 heteroatoms. The van der Waals surface area contributed by atoms with Crippen LogP contribution in [-0.2, 0) is 27.2 Å². The van der Waals surface area contributed by atoms with Gasteiger partial charge in [-0.25, -0.2) is 14.8 Å². The van der Waals surface area contributed by atoms with Crippen LogP contribution < -0.4 is 16.6 Å². The molecule has 4 aromatic rings. The number of imidazole rings is 1. The second-order valence-electron chi connectivity index (χ2n) is 6.99. The van der Waals surface area contributed by atoms with Crippen LogP contribution in [0, 0.1) is 0 Å². The van der Waals surface area contributed by atoms with Gasteiger partial charge in [0.2, 0.25) is 0 Å². The first-order valence-electron chi connectivity index (χ1n) is 9.32. The van der Waals surface area contributed by atoms with Crippen LogP contribution in [0.25, 0.3) is 11.0 Å². The Morgan fingerprint density at radius 2 is 1.87 bits per heavy atom. The van der Waals surface area contributed by atoms with Crippen molar-refractivity contribution in [1.82, 2.24) is 29.0 Å². The number of rotatable bonds is 5. The molecule has 0 aliphatic carbocycles. The van der Waals surface area contributed by atoms with E-state index >= 15 is 0 Å². The van der Waals surface area contributed by atoms with E-state index in [9.17, 15) is 14.4 Å². The highest BCUT2D eigenvalue weighted by Gasteiger charge is 2.14. The van der Waals surface area contributed by atoms with E-state index in [-0.39, 0.29) is 22.5 Å². The molecular weight excluding hydrogens is 384 g/mol. The van der Waals surface area contributed by atoms with Crippen LogP contribution in [0.5, 0.6) is 0 Å². The van der Waals surface area contributed by atoms with Gasteiger partial charge in [-0.3, -0.25) is 18.7 Å². The topological polar surface area (TPSA) is 104 Å². The third kappa shape index (κ3) is 3.52. The SMILES string of the molecule is Cn1c(=O)c2cc(C(=O)NCc3ccccc3Cn3ccnc3)cnc2n(C)c1=O. The van der Waals surface area contributed by atoms with Crippen LogP contribution in [0.1, 0.15) is 21.5 Å². The fourth-order valence-corrected chi connectivity index (χ4v) is 3.33. The van der Waals surface area contributed by atoms with Gasteiger partial charge in [-0.1, -0.05) is 24.3 Å². The zero-order chi connectivity index (χ0) is 21.3.